The smallest absolute Gasteiger partial charge is 0.303 e. The normalized spacial score (nSPS) is 18.6. The lowest BCUT2D eigenvalue weighted by Crippen LogP contribution is -2.29. The van der Waals surface area contributed by atoms with E-state index >= 15 is 0 Å². The summed E-state index contributed by atoms with van der Waals surface area (Å²) in [7, 11) is 0. The summed E-state index contributed by atoms with van der Waals surface area (Å²) in [5.74, 6) is -0.960. The zero-order valence-corrected chi connectivity index (χ0v) is 11.6. The fraction of sp³-hybridized carbons (Fsp3) is 0.385. The molecular formula is C13H13Cl2NO3. The van der Waals surface area contributed by atoms with Crippen LogP contribution >= 0.6 is 23.2 Å². The van der Waals surface area contributed by atoms with Gasteiger partial charge in [-0.05, 0) is 30.5 Å². The van der Waals surface area contributed by atoms with Gasteiger partial charge in [0.1, 0.15) is 0 Å². The first-order valence-corrected chi connectivity index (χ1v) is 6.68. The molecule has 1 fully saturated rings. The molecule has 102 valence electrons. The summed E-state index contributed by atoms with van der Waals surface area (Å²) in [6, 6.07) is 4.71. The standard InChI is InChI=1S/C13H13Cl2NO3/c14-10-4-9(5-11(15)6-10)13(19)16-2-1-8(7-16)3-12(17)18/h4-6,8H,1-3,7H2,(H,17,18). The van der Waals surface area contributed by atoms with E-state index in [1.165, 1.54) is 0 Å². The van der Waals surface area contributed by atoms with Crippen LogP contribution in [0.5, 0.6) is 0 Å². The molecule has 1 aromatic rings. The molecule has 1 unspecified atom stereocenters. The Labute approximate surface area is 120 Å². The highest BCUT2D eigenvalue weighted by molar-refractivity contribution is 6.35. The van der Waals surface area contributed by atoms with E-state index in [9.17, 15) is 9.59 Å². The maximum Gasteiger partial charge on any atom is 0.303 e. The molecule has 1 heterocycles. The van der Waals surface area contributed by atoms with Crippen LogP contribution in [0.15, 0.2) is 18.2 Å². The van der Waals surface area contributed by atoms with E-state index in [1.54, 1.807) is 23.1 Å². The van der Waals surface area contributed by atoms with Gasteiger partial charge in [-0.3, -0.25) is 9.59 Å². The van der Waals surface area contributed by atoms with Crippen LogP contribution in [-0.2, 0) is 4.79 Å². The molecule has 0 aliphatic carbocycles. The minimum Gasteiger partial charge on any atom is -0.481 e. The molecule has 1 aromatic carbocycles. The van der Waals surface area contributed by atoms with Gasteiger partial charge in [0.25, 0.3) is 5.91 Å². The summed E-state index contributed by atoms with van der Waals surface area (Å²) in [6.07, 6.45) is 0.812. The van der Waals surface area contributed by atoms with Crippen LogP contribution in [0.1, 0.15) is 23.2 Å². The second-order valence-corrected chi connectivity index (χ2v) is 5.53. The summed E-state index contributed by atoms with van der Waals surface area (Å²) in [5, 5.41) is 9.58. The maximum atomic E-state index is 12.2. The molecule has 19 heavy (non-hydrogen) atoms. The van der Waals surface area contributed by atoms with Gasteiger partial charge >= 0.3 is 5.97 Å². The van der Waals surface area contributed by atoms with Crippen molar-refractivity contribution in [2.45, 2.75) is 12.8 Å². The number of amides is 1. The third kappa shape index (κ3) is 3.61. The van der Waals surface area contributed by atoms with Crippen LogP contribution in [0, 0.1) is 5.92 Å². The van der Waals surface area contributed by atoms with Gasteiger partial charge in [-0.25, -0.2) is 0 Å². The number of likely N-dealkylation sites (tertiary alicyclic amines) is 1. The fourth-order valence-corrected chi connectivity index (χ4v) is 2.82. The molecule has 0 bridgehead atoms. The molecule has 4 nitrogen and oxygen atoms in total. The summed E-state index contributed by atoms with van der Waals surface area (Å²) in [6.45, 7) is 1.04. The van der Waals surface area contributed by atoms with Crippen LogP contribution in [-0.4, -0.2) is 35.0 Å². The maximum absolute atomic E-state index is 12.2. The largest absolute Gasteiger partial charge is 0.481 e. The molecule has 1 saturated heterocycles. The van der Waals surface area contributed by atoms with E-state index in [0.29, 0.717) is 35.1 Å². The van der Waals surface area contributed by atoms with Gasteiger partial charge in [0, 0.05) is 35.1 Å². The molecule has 2 rings (SSSR count). The average molecular weight is 302 g/mol. The predicted octanol–water partition coefficient (Wildman–Crippen LogP) is 2.93. The highest BCUT2D eigenvalue weighted by atomic mass is 35.5. The molecule has 1 N–H and O–H groups in total. The molecule has 6 heteroatoms. The van der Waals surface area contributed by atoms with Crippen molar-refractivity contribution in [2.24, 2.45) is 5.92 Å². The first-order chi connectivity index (χ1) is 8.95. The number of nitrogens with zero attached hydrogens (tertiary/aromatic N) is 1. The number of carboxylic acid groups (broad SMARTS) is 1. The molecule has 1 atom stereocenters. The lowest BCUT2D eigenvalue weighted by atomic mass is 10.1. The molecule has 1 aliphatic rings. The molecular weight excluding hydrogens is 289 g/mol. The Kier molecular flexibility index (Phi) is 4.32. The molecule has 1 aliphatic heterocycles. The van der Waals surface area contributed by atoms with Gasteiger partial charge in [-0.15, -0.1) is 0 Å². The quantitative estimate of drug-likeness (QED) is 0.934. The molecule has 0 spiro atoms. The number of hydrogen-bond donors (Lipinski definition) is 1. The van der Waals surface area contributed by atoms with Crippen LogP contribution in [0.25, 0.3) is 0 Å². The Hall–Kier alpha value is -1.26. The van der Waals surface area contributed by atoms with Gasteiger partial charge in [-0.2, -0.15) is 0 Å². The molecule has 0 aromatic heterocycles. The number of benzene rings is 1. The molecule has 0 saturated carbocycles. The minimum absolute atomic E-state index is 0.0242. The van der Waals surface area contributed by atoms with Crippen molar-refractivity contribution >= 4 is 35.1 Å². The van der Waals surface area contributed by atoms with Crippen molar-refractivity contribution in [3.05, 3.63) is 33.8 Å². The zero-order chi connectivity index (χ0) is 14.0. The Morgan fingerprint density at radius 1 is 1.26 bits per heavy atom. The Morgan fingerprint density at radius 3 is 2.47 bits per heavy atom. The number of carbonyl (C=O) groups excluding carboxylic acids is 1. The summed E-state index contributed by atoms with van der Waals surface area (Å²) in [5.41, 5.74) is 0.438. The summed E-state index contributed by atoms with van der Waals surface area (Å²) < 4.78 is 0. The van der Waals surface area contributed by atoms with Gasteiger partial charge < -0.3 is 10.0 Å². The Balaban J connectivity index is 2.06. The van der Waals surface area contributed by atoms with E-state index in [-0.39, 0.29) is 18.2 Å². The zero-order valence-electron chi connectivity index (χ0n) is 10.1. The van der Waals surface area contributed by atoms with E-state index in [1.807, 2.05) is 0 Å². The molecule has 1 amide bonds. The predicted molar refractivity (Wildman–Crippen MR) is 72.7 cm³/mol. The number of carbonyl (C=O) groups is 2. The summed E-state index contributed by atoms with van der Waals surface area (Å²) >= 11 is 11.7. The lowest BCUT2D eigenvalue weighted by Gasteiger charge is -2.16. The highest BCUT2D eigenvalue weighted by Gasteiger charge is 2.28. The third-order valence-electron chi connectivity index (χ3n) is 3.15. The number of carboxylic acids is 1. The van der Waals surface area contributed by atoms with Gasteiger partial charge in [0.15, 0.2) is 0 Å². The van der Waals surface area contributed by atoms with Crippen LogP contribution < -0.4 is 0 Å². The van der Waals surface area contributed by atoms with E-state index in [0.717, 1.165) is 0 Å². The van der Waals surface area contributed by atoms with Crippen LogP contribution in [0.4, 0.5) is 0 Å². The first kappa shape index (κ1) is 14.2. The van der Waals surface area contributed by atoms with Crippen molar-refractivity contribution in [3.8, 4) is 0 Å². The number of rotatable bonds is 3. The third-order valence-corrected chi connectivity index (χ3v) is 3.58. The van der Waals surface area contributed by atoms with Crippen molar-refractivity contribution in [2.75, 3.05) is 13.1 Å². The van der Waals surface area contributed by atoms with Crippen LogP contribution in [0.3, 0.4) is 0 Å². The Morgan fingerprint density at radius 2 is 1.89 bits per heavy atom. The number of halogens is 2. The number of hydrogen-bond acceptors (Lipinski definition) is 2. The van der Waals surface area contributed by atoms with Crippen LogP contribution in [0.2, 0.25) is 10.0 Å². The first-order valence-electron chi connectivity index (χ1n) is 5.93. The van der Waals surface area contributed by atoms with Gasteiger partial charge in [0.2, 0.25) is 0 Å². The van der Waals surface area contributed by atoms with Crippen molar-refractivity contribution in [3.63, 3.8) is 0 Å². The average Bonchev–Trinajstić information content (AvgIpc) is 2.74. The van der Waals surface area contributed by atoms with Crippen molar-refractivity contribution in [1.82, 2.24) is 4.90 Å². The lowest BCUT2D eigenvalue weighted by molar-refractivity contribution is -0.138. The van der Waals surface area contributed by atoms with Gasteiger partial charge in [-0.1, -0.05) is 23.2 Å². The summed E-state index contributed by atoms with van der Waals surface area (Å²) in [4.78, 5) is 24.5. The van der Waals surface area contributed by atoms with E-state index in [2.05, 4.69) is 0 Å². The van der Waals surface area contributed by atoms with E-state index < -0.39 is 5.97 Å². The topological polar surface area (TPSA) is 57.6 Å². The second-order valence-electron chi connectivity index (χ2n) is 4.66. The van der Waals surface area contributed by atoms with E-state index in [4.69, 9.17) is 28.3 Å². The minimum atomic E-state index is -0.829. The van der Waals surface area contributed by atoms with Gasteiger partial charge in [0.05, 0.1) is 0 Å². The SMILES string of the molecule is O=C(O)CC1CCN(C(=O)c2cc(Cl)cc(Cl)c2)C1. The number of aliphatic carboxylic acids is 1. The van der Waals surface area contributed by atoms with Crippen molar-refractivity contribution in [1.29, 1.82) is 0 Å². The fourth-order valence-electron chi connectivity index (χ4n) is 2.29. The monoisotopic (exact) mass is 301 g/mol. The molecule has 0 radical (unpaired) electrons. The van der Waals surface area contributed by atoms with Crippen molar-refractivity contribution < 1.29 is 14.7 Å². The highest BCUT2D eigenvalue weighted by Crippen LogP contribution is 2.24. The Bertz CT molecular complexity index is 498. The second kappa shape index (κ2) is 5.80.